The molecule has 4 nitrogen and oxygen atoms in total. The van der Waals surface area contributed by atoms with Gasteiger partial charge in [-0.3, -0.25) is 4.79 Å². The van der Waals surface area contributed by atoms with Crippen molar-refractivity contribution in [2.45, 2.75) is 0 Å². The molecule has 0 aliphatic carbocycles. The zero-order valence-electron chi connectivity index (χ0n) is 13.8. The molecule has 1 N–H and O–H groups in total. The van der Waals surface area contributed by atoms with Crippen molar-refractivity contribution in [2.75, 3.05) is 10.2 Å². The summed E-state index contributed by atoms with van der Waals surface area (Å²) in [6, 6.07) is 26.0. The molecule has 0 aliphatic heterocycles. The Kier molecular flexibility index (Phi) is 4.07. The smallest absolute Gasteiger partial charge is 0.307 e. The van der Waals surface area contributed by atoms with Crippen LogP contribution >= 0.6 is 0 Å². The molecule has 1 radical (unpaired) electrons. The van der Waals surface area contributed by atoms with Crippen LogP contribution in [-0.2, 0) is 4.79 Å². The number of imide groups is 1. The first-order valence-electron chi connectivity index (χ1n) is 8.22. The molecule has 0 aromatic heterocycles. The SMILES string of the molecule is O=[C]N(C(=O)Nc1ccc2ccccc2c1)c1cccc2ccccc12. The van der Waals surface area contributed by atoms with E-state index >= 15 is 0 Å². The summed E-state index contributed by atoms with van der Waals surface area (Å²) < 4.78 is 0. The minimum absolute atomic E-state index is 0.497. The highest BCUT2D eigenvalue weighted by Gasteiger charge is 2.18. The van der Waals surface area contributed by atoms with Crippen LogP contribution in [0.2, 0.25) is 0 Å². The number of nitrogens with one attached hydrogen (secondary N) is 1. The van der Waals surface area contributed by atoms with E-state index < -0.39 is 6.03 Å². The molecule has 0 spiro atoms. The second kappa shape index (κ2) is 6.69. The van der Waals surface area contributed by atoms with Crippen LogP contribution in [0.4, 0.5) is 16.2 Å². The van der Waals surface area contributed by atoms with Crippen molar-refractivity contribution in [2.24, 2.45) is 0 Å². The van der Waals surface area contributed by atoms with Crippen LogP contribution in [0, 0.1) is 0 Å². The first kappa shape index (κ1) is 15.8. The number of nitrogens with zero attached hydrogens (tertiary/aromatic N) is 1. The average Bonchev–Trinajstić information content (AvgIpc) is 2.68. The van der Waals surface area contributed by atoms with E-state index in [2.05, 4.69) is 5.32 Å². The fourth-order valence-corrected chi connectivity index (χ4v) is 3.05. The van der Waals surface area contributed by atoms with Crippen LogP contribution in [0.25, 0.3) is 21.5 Å². The number of anilines is 2. The average molecular weight is 339 g/mol. The third-order valence-corrected chi connectivity index (χ3v) is 4.30. The van der Waals surface area contributed by atoms with E-state index in [1.54, 1.807) is 12.5 Å². The van der Waals surface area contributed by atoms with Gasteiger partial charge in [0.2, 0.25) is 0 Å². The third kappa shape index (κ3) is 2.89. The van der Waals surface area contributed by atoms with Gasteiger partial charge in [-0.1, -0.05) is 66.7 Å². The zero-order chi connectivity index (χ0) is 17.9. The van der Waals surface area contributed by atoms with E-state index in [4.69, 9.17) is 0 Å². The van der Waals surface area contributed by atoms with Gasteiger partial charge in [0.25, 0.3) is 0 Å². The Hall–Kier alpha value is -3.66. The van der Waals surface area contributed by atoms with Crippen LogP contribution in [0.15, 0.2) is 84.9 Å². The molecule has 26 heavy (non-hydrogen) atoms. The molecule has 0 heterocycles. The lowest BCUT2D eigenvalue weighted by Crippen LogP contribution is -2.33. The Morgan fingerprint density at radius 1 is 0.769 bits per heavy atom. The fourth-order valence-electron chi connectivity index (χ4n) is 3.05. The molecule has 0 bridgehead atoms. The largest absolute Gasteiger partial charge is 0.333 e. The summed E-state index contributed by atoms with van der Waals surface area (Å²) in [7, 11) is 0. The Morgan fingerprint density at radius 2 is 1.46 bits per heavy atom. The molecular weight excluding hydrogens is 324 g/mol. The van der Waals surface area contributed by atoms with Crippen molar-refractivity contribution in [1.82, 2.24) is 0 Å². The Bertz CT molecular complexity index is 1120. The topological polar surface area (TPSA) is 49.4 Å². The summed E-state index contributed by atoms with van der Waals surface area (Å²) in [6.07, 6.45) is 1.74. The number of benzene rings is 4. The molecule has 0 aliphatic rings. The number of amides is 3. The predicted octanol–water partition coefficient (Wildman–Crippen LogP) is 5.10. The summed E-state index contributed by atoms with van der Waals surface area (Å²) in [4.78, 5) is 25.2. The third-order valence-electron chi connectivity index (χ3n) is 4.30. The van der Waals surface area contributed by atoms with Crippen molar-refractivity contribution in [3.8, 4) is 0 Å². The van der Waals surface area contributed by atoms with E-state index in [0.29, 0.717) is 11.4 Å². The van der Waals surface area contributed by atoms with Crippen molar-refractivity contribution in [1.29, 1.82) is 0 Å². The van der Waals surface area contributed by atoms with Crippen molar-refractivity contribution >= 4 is 45.4 Å². The summed E-state index contributed by atoms with van der Waals surface area (Å²) in [5, 5.41) is 6.63. The highest BCUT2D eigenvalue weighted by molar-refractivity contribution is 6.16. The molecule has 3 amide bonds. The Labute approximate surface area is 150 Å². The molecule has 0 saturated carbocycles. The highest BCUT2D eigenvalue weighted by Crippen LogP contribution is 2.27. The van der Waals surface area contributed by atoms with Gasteiger partial charge in [0.15, 0.2) is 0 Å². The molecule has 0 atom stereocenters. The standard InChI is InChI=1S/C22H15N2O2/c25-15-24(21-11-5-9-17-7-3-4-10-20(17)21)22(26)23-19-13-12-16-6-1-2-8-18(16)14-19/h1-14H,(H,23,26). The number of hydrogen-bond donors (Lipinski definition) is 1. The molecule has 125 valence electrons. The van der Waals surface area contributed by atoms with Gasteiger partial charge >= 0.3 is 12.4 Å². The van der Waals surface area contributed by atoms with Gasteiger partial charge in [-0.2, -0.15) is 0 Å². The summed E-state index contributed by atoms with van der Waals surface area (Å²) in [6.45, 7) is 0. The number of carbonyl (C=O) groups is 1. The predicted molar refractivity (Wildman–Crippen MR) is 105 cm³/mol. The number of hydrogen-bond acceptors (Lipinski definition) is 2. The second-order valence-corrected chi connectivity index (χ2v) is 5.92. The lowest BCUT2D eigenvalue weighted by atomic mass is 10.1. The summed E-state index contributed by atoms with van der Waals surface area (Å²) in [5.74, 6) is 0. The first-order valence-corrected chi connectivity index (χ1v) is 8.22. The molecule has 4 aromatic carbocycles. The number of rotatable bonds is 3. The van der Waals surface area contributed by atoms with E-state index in [-0.39, 0.29) is 0 Å². The second-order valence-electron chi connectivity index (χ2n) is 5.92. The molecule has 4 heteroatoms. The van der Waals surface area contributed by atoms with Gasteiger partial charge in [-0.25, -0.2) is 9.69 Å². The summed E-state index contributed by atoms with van der Waals surface area (Å²) >= 11 is 0. The number of urea groups is 1. The maximum absolute atomic E-state index is 12.7. The van der Waals surface area contributed by atoms with Gasteiger partial charge in [0.1, 0.15) is 0 Å². The maximum atomic E-state index is 12.7. The van der Waals surface area contributed by atoms with Gasteiger partial charge < -0.3 is 5.32 Å². The minimum atomic E-state index is -0.549. The highest BCUT2D eigenvalue weighted by atomic mass is 16.2. The maximum Gasteiger partial charge on any atom is 0.333 e. The van der Waals surface area contributed by atoms with E-state index in [0.717, 1.165) is 26.4 Å². The number of fused-ring (bicyclic) bond motifs is 2. The van der Waals surface area contributed by atoms with Gasteiger partial charge in [-0.15, -0.1) is 0 Å². The summed E-state index contributed by atoms with van der Waals surface area (Å²) in [5.41, 5.74) is 1.12. The lowest BCUT2D eigenvalue weighted by Gasteiger charge is -2.17. The van der Waals surface area contributed by atoms with Gasteiger partial charge in [-0.05, 0) is 34.4 Å². The Morgan fingerprint density at radius 3 is 2.27 bits per heavy atom. The van der Waals surface area contributed by atoms with E-state index in [1.807, 2.05) is 78.9 Å². The lowest BCUT2D eigenvalue weighted by molar-refractivity contribution is 0.259. The molecule has 0 unspecified atom stereocenters. The zero-order valence-corrected chi connectivity index (χ0v) is 13.8. The molecular formula is C22H15N2O2. The van der Waals surface area contributed by atoms with Gasteiger partial charge in [0, 0.05) is 11.1 Å². The van der Waals surface area contributed by atoms with Crippen LogP contribution in [0.3, 0.4) is 0 Å². The fraction of sp³-hybridized carbons (Fsp3) is 0. The normalized spacial score (nSPS) is 10.6. The first-order chi connectivity index (χ1) is 12.8. The van der Waals surface area contributed by atoms with Crippen LogP contribution < -0.4 is 10.2 Å². The van der Waals surface area contributed by atoms with Gasteiger partial charge in [0.05, 0.1) is 5.69 Å². The van der Waals surface area contributed by atoms with Crippen molar-refractivity contribution < 1.29 is 9.59 Å². The van der Waals surface area contributed by atoms with E-state index in [9.17, 15) is 9.59 Å². The monoisotopic (exact) mass is 339 g/mol. The molecule has 4 aromatic rings. The van der Waals surface area contributed by atoms with Crippen LogP contribution in [-0.4, -0.2) is 12.4 Å². The van der Waals surface area contributed by atoms with Crippen LogP contribution in [0.1, 0.15) is 0 Å². The molecule has 0 saturated heterocycles. The molecule has 4 rings (SSSR count). The Balaban J connectivity index is 1.67. The van der Waals surface area contributed by atoms with Crippen molar-refractivity contribution in [3.05, 3.63) is 84.9 Å². The molecule has 0 fully saturated rings. The number of carbonyl (C=O) groups excluding carboxylic acids is 2. The van der Waals surface area contributed by atoms with Crippen LogP contribution in [0.5, 0.6) is 0 Å². The minimum Gasteiger partial charge on any atom is -0.307 e. The quantitative estimate of drug-likeness (QED) is 0.528. The van der Waals surface area contributed by atoms with Crippen molar-refractivity contribution in [3.63, 3.8) is 0 Å². The van der Waals surface area contributed by atoms with E-state index in [1.165, 1.54) is 0 Å².